The summed E-state index contributed by atoms with van der Waals surface area (Å²) in [6, 6.07) is 8.67. The number of amides is 1. The fourth-order valence-corrected chi connectivity index (χ4v) is 3.56. The molecule has 2 aromatic rings. The average Bonchev–Trinajstić information content (AvgIpc) is 3.07. The summed E-state index contributed by atoms with van der Waals surface area (Å²) in [5.74, 6) is -2.23. The van der Waals surface area contributed by atoms with Gasteiger partial charge in [0.25, 0.3) is 5.91 Å². The van der Waals surface area contributed by atoms with Crippen molar-refractivity contribution in [2.24, 2.45) is 0 Å². The van der Waals surface area contributed by atoms with Gasteiger partial charge in [-0.1, -0.05) is 18.2 Å². The van der Waals surface area contributed by atoms with Gasteiger partial charge >= 0.3 is 17.9 Å². The van der Waals surface area contributed by atoms with Crippen molar-refractivity contribution in [3.8, 4) is 5.75 Å². The number of rotatable bonds is 10. The molecular weight excluding hydrogens is 426 g/mol. The molecule has 10 heteroatoms. The maximum absolute atomic E-state index is 12.3. The minimum atomic E-state index is -0.737. The van der Waals surface area contributed by atoms with E-state index in [-0.39, 0.29) is 35.3 Å². The van der Waals surface area contributed by atoms with Gasteiger partial charge in [0, 0.05) is 0 Å². The summed E-state index contributed by atoms with van der Waals surface area (Å²) in [7, 11) is 0. The van der Waals surface area contributed by atoms with Crippen LogP contribution in [0.1, 0.15) is 39.4 Å². The van der Waals surface area contributed by atoms with Gasteiger partial charge in [0.1, 0.15) is 15.6 Å². The molecule has 9 nitrogen and oxygen atoms in total. The molecule has 0 radical (unpaired) electrons. The van der Waals surface area contributed by atoms with E-state index < -0.39 is 30.4 Å². The molecule has 0 fully saturated rings. The highest BCUT2D eigenvalue weighted by Crippen LogP contribution is 2.34. The molecule has 1 amide bonds. The van der Waals surface area contributed by atoms with Crippen molar-refractivity contribution < 1.29 is 38.1 Å². The summed E-state index contributed by atoms with van der Waals surface area (Å²) in [4.78, 5) is 48.7. The second-order valence-electron chi connectivity index (χ2n) is 6.01. The summed E-state index contributed by atoms with van der Waals surface area (Å²) >= 11 is 0.886. The molecule has 1 heterocycles. The molecule has 0 aliphatic rings. The zero-order chi connectivity index (χ0) is 22.8. The molecule has 0 unspecified atom stereocenters. The molecule has 1 aromatic carbocycles. The lowest BCUT2D eigenvalue weighted by atomic mass is 10.1. The number of nitrogens with one attached hydrogen (secondary N) is 1. The zero-order valence-electron chi connectivity index (χ0n) is 17.4. The minimum absolute atomic E-state index is 0.0574. The van der Waals surface area contributed by atoms with Crippen molar-refractivity contribution in [1.82, 2.24) is 0 Å². The van der Waals surface area contributed by atoms with Gasteiger partial charge < -0.3 is 24.3 Å². The van der Waals surface area contributed by atoms with Gasteiger partial charge in [-0.3, -0.25) is 4.79 Å². The number of carbonyl (C=O) groups is 4. The van der Waals surface area contributed by atoms with Gasteiger partial charge in [-0.15, -0.1) is 11.3 Å². The van der Waals surface area contributed by atoms with Gasteiger partial charge in [-0.05, 0) is 38.5 Å². The van der Waals surface area contributed by atoms with Crippen LogP contribution in [0.3, 0.4) is 0 Å². The van der Waals surface area contributed by atoms with Crippen LogP contribution in [0.5, 0.6) is 5.75 Å². The molecule has 0 atom stereocenters. The third kappa shape index (κ3) is 6.82. The summed E-state index contributed by atoms with van der Waals surface area (Å²) in [5.41, 5.74) is 0.396. The Morgan fingerprint density at radius 3 is 2.19 bits per heavy atom. The second kappa shape index (κ2) is 11.7. The number of carbonyl (C=O) groups excluding carboxylic acids is 4. The molecule has 0 saturated heterocycles. The molecule has 31 heavy (non-hydrogen) atoms. The average molecular weight is 449 g/mol. The topological polar surface area (TPSA) is 117 Å². The van der Waals surface area contributed by atoms with E-state index in [1.807, 2.05) is 0 Å². The summed E-state index contributed by atoms with van der Waals surface area (Å²) < 4.78 is 20.1. The summed E-state index contributed by atoms with van der Waals surface area (Å²) in [6.45, 7) is 4.18. The maximum Gasteiger partial charge on any atom is 0.348 e. The Kier molecular flexibility index (Phi) is 9.01. The normalized spacial score (nSPS) is 10.2. The third-order valence-electron chi connectivity index (χ3n) is 3.80. The monoisotopic (exact) mass is 449 g/mol. The Hall–Kier alpha value is -3.40. The van der Waals surface area contributed by atoms with Crippen molar-refractivity contribution >= 4 is 40.2 Å². The lowest BCUT2D eigenvalue weighted by Gasteiger charge is -2.08. The predicted molar refractivity (Wildman–Crippen MR) is 112 cm³/mol. The number of esters is 3. The first-order valence-electron chi connectivity index (χ1n) is 9.48. The van der Waals surface area contributed by atoms with Gasteiger partial charge in [0.05, 0.1) is 18.8 Å². The molecule has 0 spiro atoms. The van der Waals surface area contributed by atoms with E-state index in [1.54, 1.807) is 51.1 Å². The van der Waals surface area contributed by atoms with E-state index in [1.165, 1.54) is 0 Å². The molecule has 0 bridgehead atoms. The molecule has 1 aromatic heterocycles. The first kappa shape index (κ1) is 23.9. The van der Waals surface area contributed by atoms with Crippen LogP contribution in [-0.2, 0) is 23.8 Å². The minimum Gasteiger partial charge on any atom is -0.482 e. The van der Waals surface area contributed by atoms with E-state index in [9.17, 15) is 19.2 Å². The zero-order valence-corrected chi connectivity index (χ0v) is 18.2. The Labute approximate surface area is 183 Å². The van der Waals surface area contributed by atoms with Crippen molar-refractivity contribution in [3.63, 3.8) is 0 Å². The van der Waals surface area contributed by atoms with Crippen LogP contribution >= 0.6 is 11.3 Å². The number of ether oxygens (including phenoxy) is 4. The van der Waals surface area contributed by atoms with E-state index in [4.69, 9.17) is 18.9 Å². The summed E-state index contributed by atoms with van der Waals surface area (Å²) in [6.07, 6.45) is 0. The fraction of sp³-hybridized carbons (Fsp3) is 0.333. The van der Waals surface area contributed by atoms with Crippen LogP contribution in [0.4, 0.5) is 5.00 Å². The molecule has 0 aliphatic heterocycles. The number of benzene rings is 1. The highest BCUT2D eigenvalue weighted by atomic mass is 32.1. The molecule has 0 aliphatic carbocycles. The number of para-hydroxylation sites is 1. The largest absolute Gasteiger partial charge is 0.482 e. The van der Waals surface area contributed by atoms with Crippen molar-refractivity contribution in [2.45, 2.75) is 20.8 Å². The first-order chi connectivity index (χ1) is 14.9. The highest BCUT2D eigenvalue weighted by Gasteiger charge is 2.27. The van der Waals surface area contributed by atoms with Crippen LogP contribution in [0.25, 0.3) is 0 Å². The van der Waals surface area contributed by atoms with Gasteiger partial charge in [0.15, 0.2) is 13.2 Å². The van der Waals surface area contributed by atoms with Gasteiger partial charge in [-0.2, -0.15) is 0 Å². The van der Waals surface area contributed by atoms with Crippen molar-refractivity contribution in [2.75, 3.05) is 31.7 Å². The van der Waals surface area contributed by atoms with Crippen molar-refractivity contribution in [1.29, 1.82) is 0 Å². The molecular formula is C21H23NO8S. The first-order valence-corrected chi connectivity index (χ1v) is 10.3. The quantitative estimate of drug-likeness (QED) is 0.435. The van der Waals surface area contributed by atoms with E-state index in [2.05, 4.69) is 5.32 Å². The van der Waals surface area contributed by atoms with E-state index >= 15 is 0 Å². The number of anilines is 1. The standard InChI is InChI=1S/C21H23NO8S/c1-4-27-20(25)17-13(3)18(21(26)28-5-2)31-19(17)22-15(23)11-30-16(24)12-29-14-9-7-6-8-10-14/h6-10H,4-5,11-12H2,1-3H3,(H,22,23). The van der Waals surface area contributed by atoms with Crippen LogP contribution in [0, 0.1) is 6.92 Å². The van der Waals surface area contributed by atoms with Crippen LogP contribution in [0.15, 0.2) is 30.3 Å². The molecule has 166 valence electrons. The lowest BCUT2D eigenvalue weighted by molar-refractivity contribution is -0.149. The molecule has 0 saturated carbocycles. The van der Waals surface area contributed by atoms with Crippen LogP contribution < -0.4 is 10.1 Å². The molecule has 2 rings (SSSR count). The number of hydrogen-bond donors (Lipinski definition) is 1. The Balaban J connectivity index is 2.01. The van der Waals surface area contributed by atoms with Crippen molar-refractivity contribution in [3.05, 3.63) is 46.3 Å². The summed E-state index contributed by atoms with van der Waals surface area (Å²) in [5, 5.41) is 2.60. The predicted octanol–water partition coefficient (Wildman–Crippen LogP) is 2.97. The Morgan fingerprint density at radius 2 is 1.55 bits per heavy atom. The van der Waals surface area contributed by atoms with Gasteiger partial charge in [-0.25, -0.2) is 14.4 Å². The lowest BCUT2D eigenvalue weighted by Crippen LogP contribution is -2.24. The van der Waals surface area contributed by atoms with Gasteiger partial charge in [0.2, 0.25) is 0 Å². The highest BCUT2D eigenvalue weighted by molar-refractivity contribution is 7.18. The Morgan fingerprint density at radius 1 is 0.903 bits per heavy atom. The molecule has 1 N–H and O–H groups in total. The van der Waals surface area contributed by atoms with E-state index in [0.29, 0.717) is 11.3 Å². The fourth-order valence-electron chi connectivity index (χ4n) is 2.45. The number of hydrogen-bond acceptors (Lipinski definition) is 9. The van der Waals surface area contributed by atoms with Crippen LogP contribution in [0.2, 0.25) is 0 Å². The number of thiophene rings is 1. The SMILES string of the molecule is CCOC(=O)c1sc(NC(=O)COC(=O)COc2ccccc2)c(C(=O)OCC)c1C. The maximum atomic E-state index is 12.3. The van der Waals surface area contributed by atoms with Crippen LogP contribution in [-0.4, -0.2) is 50.2 Å². The van der Waals surface area contributed by atoms with E-state index in [0.717, 1.165) is 11.3 Å². The third-order valence-corrected chi connectivity index (χ3v) is 4.99. The smallest absolute Gasteiger partial charge is 0.348 e. The second-order valence-corrected chi connectivity index (χ2v) is 7.03. The Bertz CT molecular complexity index is 938.